The molecule has 0 unspecified atom stereocenters. The average molecular weight is 1180 g/mol. The first kappa shape index (κ1) is 34.2. The molecular weight excluding hydrogens is 1100 g/mol. The Labute approximate surface area is 510 Å². The number of ether oxygens (including phenoxy) is 12. The van der Waals surface area contributed by atoms with Crippen molar-refractivity contribution in [1.29, 1.82) is 0 Å². The fraction of sp³-hybridized carbons (Fsp3) is 0.300. The van der Waals surface area contributed by atoms with Gasteiger partial charge in [0, 0.05) is 0 Å². The summed E-state index contributed by atoms with van der Waals surface area (Å²) in [6.07, 6.45) is -4.92. The molecule has 6 N–H and O–H groups in total. The normalized spacial score (nSPS) is 22.7. The molecule has 0 spiro atoms. The van der Waals surface area contributed by atoms with E-state index in [1.54, 1.807) is 0 Å². The summed E-state index contributed by atoms with van der Waals surface area (Å²) in [5.41, 5.74) is -4.06. The highest BCUT2D eigenvalue weighted by molar-refractivity contribution is 5.72. The van der Waals surface area contributed by atoms with Gasteiger partial charge in [0.05, 0.1) is 32.9 Å². The van der Waals surface area contributed by atoms with E-state index in [0.29, 0.717) is 0 Å². The highest BCUT2D eigenvalue weighted by Gasteiger charge is 2.28. The first-order chi connectivity index (χ1) is 49.2. The summed E-state index contributed by atoms with van der Waals surface area (Å²) in [6.45, 7) is -48.2. The smallest absolute Gasteiger partial charge is 0.341 e. The molecular formula is C60H54O24. The lowest BCUT2D eigenvalue weighted by Gasteiger charge is -2.21. The summed E-state index contributed by atoms with van der Waals surface area (Å²) in [5, 5.41) is 60.6. The molecule has 2 aliphatic carbocycles. The topological polar surface area (TPSA) is 335 Å². The molecule has 24 nitrogen and oxygen atoms in total. The Morgan fingerprint density at radius 3 is 0.548 bits per heavy atom. The van der Waals surface area contributed by atoms with Crippen LogP contribution in [0.1, 0.15) is 99.7 Å². The van der Waals surface area contributed by atoms with Crippen molar-refractivity contribution in [3.8, 4) is 69.0 Å². The van der Waals surface area contributed by atoms with Crippen molar-refractivity contribution < 1.29 is 149 Å². The Kier molecular flexibility index (Phi) is 10.3. The number of aliphatic carboxylic acids is 6. The van der Waals surface area contributed by atoms with Gasteiger partial charge in [0.15, 0.2) is 108 Å². The lowest BCUT2D eigenvalue weighted by atomic mass is 9.94. The van der Waals surface area contributed by atoms with Gasteiger partial charge in [-0.05, 0) is 178 Å². The van der Waals surface area contributed by atoms with Crippen LogP contribution in [-0.2, 0) is 67.3 Å². The predicted octanol–water partition coefficient (Wildman–Crippen LogP) is 5.64. The van der Waals surface area contributed by atoms with Crippen molar-refractivity contribution in [2.24, 2.45) is 0 Å². The maximum atomic E-state index is 12.6. The fourth-order valence-corrected chi connectivity index (χ4v) is 9.07. The predicted molar refractivity (Wildman–Crippen MR) is 287 cm³/mol. The zero-order valence-electron chi connectivity index (χ0n) is 66.2. The quantitative estimate of drug-likeness (QED) is 0.0605. The number of benzene rings is 6. The SMILES string of the molecule is [2H]C([2H])(Oc1cc2c3cc1OC([2H])([2H])C([2H])([2H])Oc1cc4c(cc1OC([2H])([2H])C(=O)O)Cc1cc5c(OC([2H])([2H])C(=O)O)cc1Cc1cc(c(OC([2H])([2H])C(=O)O)cc1C4)OC([2H])([2H])C([2H])([2H])Oc1cc(c(cc1OC([2H])([2H])C(=O)O)Cc1cc(c(OC([2H])([2H])C(=O)O)cc1C3)OC([2H])([2H])C([2H])([2H])O5)C2)C(=O)O. The van der Waals surface area contributed by atoms with Crippen molar-refractivity contribution in [3.63, 3.8) is 0 Å². The lowest BCUT2D eigenvalue weighted by Crippen LogP contribution is -2.15. The van der Waals surface area contributed by atoms with Gasteiger partial charge in [-0.3, -0.25) is 0 Å². The van der Waals surface area contributed by atoms with Gasteiger partial charge in [-0.25, -0.2) is 28.8 Å². The number of hydrogen-bond acceptors (Lipinski definition) is 18. The molecule has 6 aromatic rings. The van der Waals surface area contributed by atoms with E-state index in [0.717, 1.165) is 72.8 Å². The van der Waals surface area contributed by atoms with Crippen LogP contribution < -0.4 is 56.8 Å². The molecule has 0 saturated heterocycles. The Hall–Kier alpha value is -10.3. The van der Waals surface area contributed by atoms with Gasteiger partial charge in [0.2, 0.25) is 0 Å². The van der Waals surface area contributed by atoms with E-state index in [9.17, 15) is 75.9 Å². The van der Waals surface area contributed by atoms with Crippen molar-refractivity contribution in [2.75, 3.05) is 78.7 Å². The summed E-state index contributed by atoms with van der Waals surface area (Å²) in [4.78, 5) is 75.4. The van der Waals surface area contributed by atoms with E-state index >= 15 is 0 Å². The standard InChI is InChI=1S/C60H54O24/c61-55(62)25-79-49-19-37-9-33-15-45-53(83-29-59(69)70)23-41(33)11-34-16-46-51(81-27-57(65)66)21-38(34)7-31(37)13-43(49)73-1-2-74-44-14-32-8-40-22-52(82-28-58(67)68)48(78-5-3-75-45)18-36(40)12-42-24-54(84-30-60(71)72)47(77-6-4-76-46)17-35(42)10-39(32)20-50(44)80-26-56(63)64/h13-24H,1-12,25-30H2,(H,61,62)(H,63,64)(H,65,66)(H,67,68)(H,69,70)(H,71,72)/i1D2,2D2,3D2,4D2,5D2,6D2,25D2,26D2,27D2,28D2,29D2,30D2. The summed E-state index contributed by atoms with van der Waals surface area (Å²) in [6, 6.07) is 8.86. The maximum absolute atomic E-state index is 12.6. The van der Waals surface area contributed by atoms with Crippen LogP contribution in [0, 0.1) is 0 Å². The second-order valence-corrected chi connectivity index (χ2v) is 17.7. The minimum Gasteiger partial charge on any atom is -0.486 e. The minimum atomic E-state index is -4.15. The molecule has 12 aliphatic heterocycles. The van der Waals surface area contributed by atoms with Crippen LogP contribution in [0.5, 0.6) is 69.0 Å². The molecule has 14 aliphatic rings. The van der Waals surface area contributed by atoms with Gasteiger partial charge < -0.3 is 87.5 Å². The van der Waals surface area contributed by atoms with Gasteiger partial charge in [-0.1, -0.05) is 0 Å². The number of hydrogen-bond donors (Lipinski definition) is 6. The maximum Gasteiger partial charge on any atom is 0.341 e. The first-order valence-corrected chi connectivity index (χ1v) is 23.9. The van der Waals surface area contributed by atoms with Crippen LogP contribution in [0.2, 0.25) is 0 Å². The van der Waals surface area contributed by atoms with Crippen molar-refractivity contribution in [2.45, 2.75) is 38.5 Å². The van der Waals surface area contributed by atoms with Crippen LogP contribution in [0.4, 0.5) is 0 Å². The lowest BCUT2D eigenvalue weighted by molar-refractivity contribution is -0.140. The zero-order valence-corrected chi connectivity index (χ0v) is 42.2. The van der Waals surface area contributed by atoms with Gasteiger partial charge in [0.25, 0.3) is 0 Å². The summed E-state index contributed by atoms with van der Waals surface area (Å²) in [5.74, 6) is -28.4. The molecule has 6 aromatic carbocycles. The van der Waals surface area contributed by atoms with Crippen LogP contribution in [0.15, 0.2) is 72.8 Å². The third kappa shape index (κ3) is 13.9. The van der Waals surface area contributed by atoms with E-state index in [2.05, 4.69) is 0 Å². The Morgan fingerprint density at radius 1 is 0.286 bits per heavy atom. The summed E-state index contributed by atoms with van der Waals surface area (Å²) in [7, 11) is 0. The molecule has 0 atom stereocenters. The van der Waals surface area contributed by atoms with E-state index < -0.39 is 222 Å². The molecule has 0 amide bonds. The van der Waals surface area contributed by atoms with E-state index in [-0.39, 0.29) is 66.8 Å². The number of carboxylic acids is 6. The third-order valence-corrected chi connectivity index (χ3v) is 12.5. The molecule has 0 saturated carbocycles. The molecule has 84 heavy (non-hydrogen) atoms. The molecule has 24 heteroatoms. The van der Waals surface area contributed by atoms with Crippen LogP contribution in [-0.4, -0.2) is 145 Å². The van der Waals surface area contributed by atoms with Crippen molar-refractivity contribution in [3.05, 3.63) is 140 Å². The number of carbonyl (C=O) groups is 6. The Bertz CT molecular complexity index is 4000. The van der Waals surface area contributed by atoms with Crippen molar-refractivity contribution in [1.82, 2.24) is 0 Å². The van der Waals surface area contributed by atoms with Gasteiger partial charge in [-0.15, -0.1) is 0 Å². The summed E-state index contributed by atoms with van der Waals surface area (Å²) >= 11 is 0. The van der Waals surface area contributed by atoms with Gasteiger partial charge in [0.1, 0.15) is 39.4 Å². The molecule has 0 fully saturated rings. The fourth-order valence-electron chi connectivity index (χ4n) is 9.07. The number of carboxylic acid groups (broad SMARTS) is 6. The molecule has 20 rings (SSSR count). The van der Waals surface area contributed by atoms with Crippen LogP contribution in [0.25, 0.3) is 0 Å². The van der Waals surface area contributed by atoms with Gasteiger partial charge in [-0.2, -0.15) is 0 Å². The van der Waals surface area contributed by atoms with Crippen molar-refractivity contribution >= 4 is 35.8 Å². The Balaban J connectivity index is 1.43. The molecule has 12 heterocycles. The second-order valence-electron chi connectivity index (χ2n) is 17.7. The largest absolute Gasteiger partial charge is 0.486 e. The van der Waals surface area contributed by atoms with Gasteiger partial charge >= 0.3 is 35.8 Å². The average Bonchev–Trinajstić information content (AvgIpc) is 1.33. The second kappa shape index (κ2) is 25.3. The number of rotatable bonds is 18. The Morgan fingerprint density at radius 2 is 0.417 bits per heavy atom. The zero-order chi connectivity index (χ0) is 80.5. The van der Waals surface area contributed by atoms with E-state index in [1.807, 2.05) is 0 Å². The molecule has 0 aromatic heterocycles. The van der Waals surface area contributed by atoms with E-state index in [1.165, 1.54) is 0 Å². The highest BCUT2D eigenvalue weighted by atomic mass is 16.6. The molecule has 0 radical (unpaired) electrons. The molecule has 438 valence electrons. The minimum absolute atomic E-state index is 0.334. The monoisotopic (exact) mass is 1180 g/mol. The summed E-state index contributed by atoms with van der Waals surface area (Å²) < 4.78 is 279. The molecule has 18 bridgehead atoms. The first-order valence-electron chi connectivity index (χ1n) is 35.9. The van der Waals surface area contributed by atoms with Crippen LogP contribution >= 0.6 is 0 Å². The van der Waals surface area contributed by atoms with E-state index in [4.69, 9.17) is 73.3 Å². The highest BCUT2D eigenvalue weighted by Crippen LogP contribution is 2.44. The third-order valence-electron chi connectivity index (χ3n) is 12.5. The van der Waals surface area contributed by atoms with Crippen LogP contribution in [0.3, 0.4) is 0 Å².